The molecular formula is C16H22N4O. The van der Waals surface area contributed by atoms with Crippen LogP contribution < -0.4 is 5.32 Å². The van der Waals surface area contributed by atoms with Gasteiger partial charge in [0.1, 0.15) is 5.82 Å². The van der Waals surface area contributed by atoms with Crippen LogP contribution in [-0.2, 0) is 7.05 Å². The van der Waals surface area contributed by atoms with Crippen LogP contribution in [0.4, 0.5) is 5.69 Å². The maximum absolute atomic E-state index is 12.1. The topological polar surface area (TPSA) is 50.2 Å². The predicted molar refractivity (Wildman–Crippen MR) is 84.4 cm³/mol. The minimum Gasteiger partial charge on any atom is -0.375 e. The Morgan fingerprint density at radius 3 is 2.67 bits per heavy atom. The average molecular weight is 286 g/mol. The van der Waals surface area contributed by atoms with E-state index in [1.807, 2.05) is 42.9 Å². The van der Waals surface area contributed by atoms with Gasteiger partial charge < -0.3 is 14.8 Å². The largest absolute Gasteiger partial charge is 0.375 e. The van der Waals surface area contributed by atoms with Crippen LogP contribution in [0.2, 0.25) is 0 Å². The van der Waals surface area contributed by atoms with Gasteiger partial charge in [0, 0.05) is 44.8 Å². The number of hydrogen-bond donors (Lipinski definition) is 1. The average Bonchev–Trinajstić information content (AvgIpc) is 2.86. The molecular weight excluding hydrogens is 264 g/mol. The van der Waals surface area contributed by atoms with Gasteiger partial charge >= 0.3 is 0 Å². The molecule has 0 aliphatic heterocycles. The fourth-order valence-corrected chi connectivity index (χ4v) is 2.26. The minimum atomic E-state index is 0.00250. The highest BCUT2D eigenvalue weighted by Crippen LogP contribution is 2.23. The number of carbonyl (C=O) groups excluding carboxylic acids is 1. The number of nitrogens with one attached hydrogen (secondary N) is 1. The van der Waals surface area contributed by atoms with Crippen LogP contribution in [0.15, 0.2) is 30.6 Å². The Kier molecular flexibility index (Phi) is 4.31. The zero-order valence-electron chi connectivity index (χ0n) is 13.2. The van der Waals surface area contributed by atoms with Crippen molar-refractivity contribution in [2.75, 3.05) is 19.4 Å². The molecule has 0 saturated carbocycles. The highest BCUT2D eigenvalue weighted by Gasteiger charge is 2.14. The summed E-state index contributed by atoms with van der Waals surface area (Å²) in [5.74, 6) is 0.960. The lowest BCUT2D eigenvalue weighted by Crippen LogP contribution is -2.22. The van der Waals surface area contributed by atoms with E-state index in [4.69, 9.17) is 0 Å². The molecule has 2 rings (SSSR count). The molecule has 0 aliphatic rings. The summed E-state index contributed by atoms with van der Waals surface area (Å²) in [6, 6.07) is 5.78. The summed E-state index contributed by atoms with van der Waals surface area (Å²) in [5, 5.41) is 3.43. The van der Waals surface area contributed by atoms with Crippen LogP contribution in [0, 0.1) is 6.92 Å². The van der Waals surface area contributed by atoms with Crippen molar-refractivity contribution < 1.29 is 4.79 Å². The Balaban J connectivity index is 2.25. The van der Waals surface area contributed by atoms with Gasteiger partial charge in [-0.1, -0.05) is 6.07 Å². The number of aryl methyl sites for hydroxylation is 2. The van der Waals surface area contributed by atoms with Gasteiger partial charge in [-0.2, -0.15) is 0 Å². The van der Waals surface area contributed by atoms with E-state index in [-0.39, 0.29) is 11.9 Å². The van der Waals surface area contributed by atoms with Crippen molar-refractivity contribution >= 4 is 11.6 Å². The third-order valence-corrected chi connectivity index (χ3v) is 3.51. The van der Waals surface area contributed by atoms with Crippen LogP contribution in [-0.4, -0.2) is 34.5 Å². The van der Waals surface area contributed by atoms with E-state index in [1.54, 1.807) is 25.2 Å². The third kappa shape index (κ3) is 3.24. The van der Waals surface area contributed by atoms with Gasteiger partial charge in [-0.3, -0.25) is 4.79 Å². The van der Waals surface area contributed by atoms with Gasteiger partial charge in [-0.15, -0.1) is 0 Å². The van der Waals surface area contributed by atoms with Gasteiger partial charge in [0.2, 0.25) is 0 Å². The molecule has 1 aromatic carbocycles. The van der Waals surface area contributed by atoms with Crippen molar-refractivity contribution in [2.24, 2.45) is 7.05 Å². The summed E-state index contributed by atoms with van der Waals surface area (Å²) in [6.45, 7) is 4.08. The van der Waals surface area contributed by atoms with Gasteiger partial charge in [0.05, 0.1) is 6.04 Å². The summed E-state index contributed by atoms with van der Waals surface area (Å²) < 4.78 is 1.99. The quantitative estimate of drug-likeness (QED) is 0.940. The second kappa shape index (κ2) is 5.99. The molecule has 21 heavy (non-hydrogen) atoms. The van der Waals surface area contributed by atoms with Crippen LogP contribution in [0.25, 0.3) is 0 Å². The second-order valence-corrected chi connectivity index (χ2v) is 5.49. The Hall–Kier alpha value is -2.30. The zero-order valence-corrected chi connectivity index (χ0v) is 13.2. The van der Waals surface area contributed by atoms with Gasteiger partial charge in [0.25, 0.3) is 5.91 Å². The molecule has 1 amide bonds. The summed E-state index contributed by atoms with van der Waals surface area (Å²) >= 11 is 0. The molecule has 0 aliphatic carbocycles. The van der Waals surface area contributed by atoms with Crippen molar-refractivity contribution in [1.29, 1.82) is 0 Å². The summed E-state index contributed by atoms with van der Waals surface area (Å²) in [6.07, 6.45) is 3.71. The minimum absolute atomic E-state index is 0.00250. The van der Waals surface area contributed by atoms with Crippen molar-refractivity contribution in [1.82, 2.24) is 14.5 Å². The molecule has 1 N–H and O–H groups in total. The van der Waals surface area contributed by atoms with Crippen molar-refractivity contribution in [3.63, 3.8) is 0 Å². The zero-order chi connectivity index (χ0) is 15.6. The third-order valence-electron chi connectivity index (χ3n) is 3.51. The number of imidazole rings is 1. The van der Waals surface area contributed by atoms with Gasteiger partial charge in [0.15, 0.2) is 0 Å². The lowest BCUT2D eigenvalue weighted by atomic mass is 10.1. The number of benzene rings is 1. The first-order chi connectivity index (χ1) is 9.90. The van der Waals surface area contributed by atoms with Crippen LogP contribution in [0.3, 0.4) is 0 Å². The van der Waals surface area contributed by atoms with E-state index < -0.39 is 0 Å². The predicted octanol–water partition coefficient (Wildman–Crippen LogP) is 2.60. The van der Waals surface area contributed by atoms with E-state index in [1.165, 1.54) is 0 Å². The summed E-state index contributed by atoms with van der Waals surface area (Å²) in [4.78, 5) is 18.0. The summed E-state index contributed by atoms with van der Waals surface area (Å²) in [5.41, 5.74) is 2.74. The molecule has 0 bridgehead atoms. The molecule has 0 radical (unpaired) electrons. The fourth-order valence-electron chi connectivity index (χ4n) is 2.26. The molecule has 0 saturated heterocycles. The molecule has 0 spiro atoms. The standard InChI is InChI=1S/C16H22N4O/c1-11-6-7-13(16(21)19(3)4)10-14(11)18-12(2)15-17-8-9-20(15)5/h6-10,12,18H,1-5H3. The Bertz CT molecular complexity index is 645. The second-order valence-electron chi connectivity index (χ2n) is 5.49. The first kappa shape index (κ1) is 15.1. The highest BCUT2D eigenvalue weighted by molar-refractivity contribution is 5.95. The molecule has 2 aromatic rings. The van der Waals surface area contributed by atoms with E-state index in [0.29, 0.717) is 5.56 Å². The number of nitrogens with zero attached hydrogens (tertiary/aromatic N) is 3. The van der Waals surface area contributed by atoms with Crippen LogP contribution >= 0.6 is 0 Å². The van der Waals surface area contributed by atoms with Gasteiger partial charge in [-0.25, -0.2) is 4.98 Å². The molecule has 112 valence electrons. The first-order valence-electron chi connectivity index (χ1n) is 6.96. The van der Waals surface area contributed by atoms with Crippen molar-refractivity contribution in [3.8, 4) is 0 Å². The molecule has 1 heterocycles. The molecule has 1 aromatic heterocycles. The van der Waals surface area contributed by atoms with Crippen LogP contribution in [0.5, 0.6) is 0 Å². The van der Waals surface area contributed by atoms with Gasteiger partial charge in [-0.05, 0) is 31.5 Å². The SMILES string of the molecule is Cc1ccc(C(=O)N(C)C)cc1NC(C)c1nccn1C. The van der Waals surface area contributed by atoms with E-state index in [2.05, 4.69) is 17.2 Å². The number of carbonyl (C=O) groups is 1. The lowest BCUT2D eigenvalue weighted by Gasteiger charge is -2.18. The Morgan fingerprint density at radius 2 is 2.10 bits per heavy atom. The number of rotatable bonds is 4. The monoisotopic (exact) mass is 286 g/mol. The smallest absolute Gasteiger partial charge is 0.253 e. The Labute approximate surface area is 125 Å². The van der Waals surface area contributed by atoms with Crippen molar-refractivity contribution in [2.45, 2.75) is 19.9 Å². The number of amides is 1. The lowest BCUT2D eigenvalue weighted by molar-refractivity contribution is 0.0827. The molecule has 1 unspecified atom stereocenters. The normalized spacial score (nSPS) is 12.0. The molecule has 0 fully saturated rings. The maximum atomic E-state index is 12.1. The van der Waals surface area contributed by atoms with Crippen molar-refractivity contribution in [3.05, 3.63) is 47.5 Å². The Morgan fingerprint density at radius 1 is 1.38 bits per heavy atom. The number of aromatic nitrogens is 2. The molecule has 5 heteroatoms. The fraction of sp³-hybridized carbons (Fsp3) is 0.375. The molecule has 1 atom stereocenters. The van der Waals surface area contributed by atoms with E-state index in [0.717, 1.165) is 17.1 Å². The first-order valence-corrected chi connectivity index (χ1v) is 6.96. The summed E-state index contributed by atoms with van der Waals surface area (Å²) in [7, 11) is 5.48. The van der Waals surface area contributed by atoms with E-state index >= 15 is 0 Å². The number of hydrogen-bond acceptors (Lipinski definition) is 3. The van der Waals surface area contributed by atoms with Crippen LogP contribution in [0.1, 0.15) is 34.7 Å². The maximum Gasteiger partial charge on any atom is 0.253 e. The van der Waals surface area contributed by atoms with E-state index in [9.17, 15) is 4.79 Å². The number of anilines is 1. The highest BCUT2D eigenvalue weighted by atomic mass is 16.2. The molecule has 5 nitrogen and oxygen atoms in total.